The number of aromatic nitrogens is 2. The van der Waals surface area contributed by atoms with E-state index in [9.17, 15) is 0 Å². The lowest BCUT2D eigenvalue weighted by molar-refractivity contribution is 0.338. The molecule has 1 rings (SSSR count). The van der Waals surface area contributed by atoms with Crippen LogP contribution in [-0.2, 0) is 5.41 Å². The SMILES string of the molecule is CC.CCCC(C)(C)c1nnc(C)o1. The molecular formula is C11H22N2O. The maximum absolute atomic E-state index is 5.38. The smallest absolute Gasteiger partial charge is 0.222 e. The summed E-state index contributed by atoms with van der Waals surface area (Å²) < 4.78 is 5.38. The molecule has 0 bridgehead atoms. The van der Waals surface area contributed by atoms with E-state index in [2.05, 4.69) is 31.0 Å². The van der Waals surface area contributed by atoms with Gasteiger partial charge in [-0.25, -0.2) is 0 Å². The number of aryl methyl sites for hydroxylation is 1. The van der Waals surface area contributed by atoms with E-state index in [-0.39, 0.29) is 5.41 Å². The van der Waals surface area contributed by atoms with Crippen molar-refractivity contribution in [3.05, 3.63) is 11.8 Å². The second-order valence-electron chi connectivity index (χ2n) is 3.76. The monoisotopic (exact) mass is 198 g/mol. The molecule has 3 nitrogen and oxygen atoms in total. The quantitative estimate of drug-likeness (QED) is 0.746. The zero-order valence-electron chi connectivity index (χ0n) is 10.2. The first-order valence-electron chi connectivity index (χ1n) is 5.37. The van der Waals surface area contributed by atoms with Crippen molar-refractivity contribution in [1.82, 2.24) is 10.2 Å². The molecule has 0 fully saturated rings. The molecule has 0 radical (unpaired) electrons. The van der Waals surface area contributed by atoms with Gasteiger partial charge in [-0.05, 0) is 6.42 Å². The van der Waals surface area contributed by atoms with Gasteiger partial charge >= 0.3 is 0 Å². The van der Waals surface area contributed by atoms with E-state index < -0.39 is 0 Å². The Labute approximate surface area is 86.9 Å². The fourth-order valence-electron chi connectivity index (χ4n) is 1.30. The summed E-state index contributed by atoms with van der Waals surface area (Å²) in [5, 5.41) is 7.84. The van der Waals surface area contributed by atoms with E-state index in [1.54, 1.807) is 0 Å². The fourth-order valence-corrected chi connectivity index (χ4v) is 1.30. The second kappa shape index (κ2) is 5.78. The van der Waals surface area contributed by atoms with Crippen molar-refractivity contribution >= 4 is 0 Å². The highest BCUT2D eigenvalue weighted by Gasteiger charge is 2.25. The van der Waals surface area contributed by atoms with Crippen molar-refractivity contribution in [3.63, 3.8) is 0 Å². The first kappa shape index (κ1) is 13.1. The van der Waals surface area contributed by atoms with E-state index in [0.717, 1.165) is 18.7 Å². The van der Waals surface area contributed by atoms with Gasteiger partial charge in [0.15, 0.2) is 0 Å². The first-order chi connectivity index (χ1) is 6.56. The Morgan fingerprint density at radius 2 is 1.79 bits per heavy atom. The van der Waals surface area contributed by atoms with Crippen LogP contribution < -0.4 is 0 Å². The average Bonchev–Trinajstić information content (AvgIpc) is 2.56. The van der Waals surface area contributed by atoms with E-state index in [1.807, 2.05) is 20.8 Å². The van der Waals surface area contributed by atoms with Gasteiger partial charge in [-0.1, -0.05) is 41.0 Å². The van der Waals surface area contributed by atoms with Gasteiger partial charge in [0.05, 0.1) is 0 Å². The molecule has 1 aromatic rings. The predicted octanol–water partition coefficient (Wildman–Crippen LogP) is 3.48. The van der Waals surface area contributed by atoms with Gasteiger partial charge in [0, 0.05) is 12.3 Å². The van der Waals surface area contributed by atoms with Gasteiger partial charge in [0.25, 0.3) is 0 Å². The molecular weight excluding hydrogens is 176 g/mol. The molecule has 0 aromatic carbocycles. The normalized spacial score (nSPS) is 10.7. The summed E-state index contributed by atoms with van der Waals surface area (Å²) in [6, 6.07) is 0. The highest BCUT2D eigenvalue weighted by atomic mass is 16.4. The highest BCUT2D eigenvalue weighted by Crippen LogP contribution is 2.26. The second-order valence-corrected chi connectivity index (χ2v) is 3.76. The number of hydrogen-bond donors (Lipinski definition) is 0. The minimum Gasteiger partial charge on any atom is -0.425 e. The topological polar surface area (TPSA) is 38.9 Å². The maximum Gasteiger partial charge on any atom is 0.222 e. The van der Waals surface area contributed by atoms with Crippen LogP contribution in [0, 0.1) is 6.92 Å². The van der Waals surface area contributed by atoms with Crippen molar-refractivity contribution in [3.8, 4) is 0 Å². The van der Waals surface area contributed by atoms with Crippen molar-refractivity contribution < 1.29 is 4.42 Å². The molecule has 0 aliphatic rings. The van der Waals surface area contributed by atoms with Crippen LogP contribution >= 0.6 is 0 Å². The van der Waals surface area contributed by atoms with Crippen molar-refractivity contribution in [2.45, 2.75) is 59.8 Å². The molecule has 82 valence electrons. The summed E-state index contributed by atoms with van der Waals surface area (Å²) >= 11 is 0. The van der Waals surface area contributed by atoms with Crippen LogP contribution in [-0.4, -0.2) is 10.2 Å². The van der Waals surface area contributed by atoms with Gasteiger partial charge in [-0.3, -0.25) is 0 Å². The molecule has 3 heteroatoms. The molecule has 0 saturated heterocycles. The van der Waals surface area contributed by atoms with Crippen molar-refractivity contribution in [2.24, 2.45) is 0 Å². The number of hydrogen-bond acceptors (Lipinski definition) is 3. The average molecular weight is 198 g/mol. The van der Waals surface area contributed by atoms with Crippen LogP contribution in [0.2, 0.25) is 0 Å². The fraction of sp³-hybridized carbons (Fsp3) is 0.818. The Bertz CT molecular complexity index is 254. The van der Waals surface area contributed by atoms with Crippen LogP contribution in [0.25, 0.3) is 0 Å². The third kappa shape index (κ3) is 3.48. The van der Waals surface area contributed by atoms with Crippen LogP contribution in [0.15, 0.2) is 4.42 Å². The van der Waals surface area contributed by atoms with Crippen LogP contribution in [0.5, 0.6) is 0 Å². The lowest BCUT2D eigenvalue weighted by Gasteiger charge is -2.18. The van der Waals surface area contributed by atoms with E-state index in [4.69, 9.17) is 4.42 Å². The molecule has 0 amide bonds. The minimum absolute atomic E-state index is 0.0238. The number of nitrogens with zero attached hydrogens (tertiary/aromatic N) is 2. The van der Waals surface area contributed by atoms with Crippen LogP contribution in [0.3, 0.4) is 0 Å². The molecule has 0 N–H and O–H groups in total. The Morgan fingerprint density at radius 3 is 2.14 bits per heavy atom. The van der Waals surface area contributed by atoms with Crippen molar-refractivity contribution in [2.75, 3.05) is 0 Å². The third-order valence-electron chi connectivity index (χ3n) is 1.98. The van der Waals surface area contributed by atoms with Gasteiger partial charge < -0.3 is 4.42 Å². The van der Waals surface area contributed by atoms with E-state index >= 15 is 0 Å². The molecule has 1 heterocycles. The first-order valence-corrected chi connectivity index (χ1v) is 5.37. The van der Waals surface area contributed by atoms with Gasteiger partial charge in [0.1, 0.15) is 0 Å². The van der Waals surface area contributed by atoms with Crippen LogP contribution in [0.1, 0.15) is 59.2 Å². The van der Waals surface area contributed by atoms with E-state index in [0.29, 0.717) is 5.89 Å². The summed E-state index contributed by atoms with van der Waals surface area (Å²) in [6.07, 6.45) is 2.21. The molecule has 0 spiro atoms. The summed E-state index contributed by atoms with van der Waals surface area (Å²) in [6.45, 7) is 12.2. The summed E-state index contributed by atoms with van der Waals surface area (Å²) in [5.74, 6) is 1.40. The Hall–Kier alpha value is -0.860. The Morgan fingerprint density at radius 1 is 1.21 bits per heavy atom. The van der Waals surface area contributed by atoms with Gasteiger partial charge in [-0.15, -0.1) is 10.2 Å². The summed E-state index contributed by atoms with van der Waals surface area (Å²) in [5.41, 5.74) is 0.0238. The number of rotatable bonds is 3. The molecule has 0 saturated carbocycles. The standard InChI is InChI=1S/C9H16N2O.C2H6/c1-5-6-9(3,4)8-11-10-7(2)12-8;1-2/h5-6H2,1-4H3;1-2H3. The minimum atomic E-state index is 0.0238. The molecule has 0 atom stereocenters. The largest absolute Gasteiger partial charge is 0.425 e. The molecule has 14 heavy (non-hydrogen) atoms. The molecule has 0 unspecified atom stereocenters. The maximum atomic E-state index is 5.38. The van der Waals surface area contributed by atoms with Gasteiger partial charge in [0.2, 0.25) is 11.8 Å². The summed E-state index contributed by atoms with van der Waals surface area (Å²) in [4.78, 5) is 0. The van der Waals surface area contributed by atoms with Gasteiger partial charge in [-0.2, -0.15) is 0 Å². The highest BCUT2D eigenvalue weighted by molar-refractivity contribution is 4.98. The zero-order valence-corrected chi connectivity index (χ0v) is 10.2. The summed E-state index contributed by atoms with van der Waals surface area (Å²) in [7, 11) is 0. The van der Waals surface area contributed by atoms with Crippen LogP contribution in [0.4, 0.5) is 0 Å². The van der Waals surface area contributed by atoms with Crippen molar-refractivity contribution in [1.29, 1.82) is 0 Å². The third-order valence-corrected chi connectivity index (χ3v) is 1.98. The predicted molar refractivity (Wildman–Crippen MR) is 58.3 cm³/mol. The zero-order chi connectivity index (χ0) is 11.2. The lowest BCUT2D eigenvalue weighted by Crippen LogP contribution is -2.17. The Balaban J connectivity index is 0.000000791. The molecule has 1 aromatic heterocycles. The molecule has 0 aliphatic heterocycles. The van der Waals surface area contributed by atoms with E-state index in [1.165, 1.54) is 0 Å². The lowest BCUT2D eigenvalue weighted by atomic mass is 9.88. The molecule has 0 aliphatic carbocycles. The Kier molecular flexibility index (Phi) is 5.43.